The Bertz CT molecular complexity index is 1740. The van der Waals surface area contributed by atoms with Crippen LogP contribution in [-0.4, -0.2) is 24.5 Å². The first-order valence-corrected chi connectivity index (χ1v) is 13.6. The summed E-state index contributed by atoms with van der Waals surface area (Å²) in [6.07, 6.45) is 1.40. The molecule has 5 rings (SSSR count). The van der Waals surface area contributed by atoms with Crippen molar-refractivity contribution in [2.24, 2.45) is 0 Å². The van der Waals surface area contributed by atoms with E-state index in [4.69, 9.17) is 21.1 Å². The smallest absolute Gasteiger partial charge is 0.335 e. The molecule has 7 nitrogen and oxygen atoms in total. The van der Waals surface area contributed by atoms with Crippen molar-refractivity contribution in [2.75, 3.05) is 11.5 Å². The van der Waals surface area contributed by atoms with Crippen LogP contribution in [0.25, 0.3) is 16.8 Å². The number of hydrogen-bond donors (Lipinski definition) is 1. The van der Waals surface area contributed by atoms with E-state index < -0.39 is 17.8 Å². The zero-order chi connectivity index (χ0) is 29.3. The molecule has 1 heterocycles. The van der Waals surface area contributed by atoms with Gasteiger partial charge >= 0.3 is 6.03 Å². The normalized spacial score (nSPS) is 14.5. The minimum Gasteiger partial charge on any atom is -0.490 e. The maximum absolute atomic E-state index is 13.5. The molecule has 4 aromatic rings. The summed E-state index contributed by atoms with van der Waals surface area (Å²) in [5.74, 6) is -0.791. The van der Waals surface area contributed by atoms with Gasteiger partial charge in [0, 0.05) is 5.56 Å². The quantitative estimate of drug-likeness (QED) is 0.190. The number of aryl methyl sites for hydroxylation is 2. The van der Waals surface area contributed by atoms with Gasteiger partial charge in [0.05, 0.1) is 17.3 Å². The molecule has 0 atom stereocenters. The van der Waals surface area contributed by atoms with Crippen LogP contribution in [0.5, 0.6) is 11.5 Å². The molecule has 0 spiro atoms. The number of hydrogen-bond acceptors (Lipinski definition) is 5. The molecule has 208 valence electrons. The summed E-state index contributed by atoms with van der Waals surface area (Å²) in [5.41, 5.74) is 4.44. The topological polar surface area (TPSA) is 84.9 Å². The van der Waals surface area contributed by atoms with Gasteiger partial charge in [-0.25, -0.2) is 9.69 Å². The van der Waals surface area contributed by atoms with Gasteiger partial charge in [0.15, 0.2) is 11.5 Å². The lowest BCUT2D eigenvalue weighted by molar-refractivity contribution is -0.122. The Morgan fingerprint density at radius 2 is 1.68 bits per heavy atom. The van der Waals surface area contributed by atoms with Crippen molar-refractivity contribution in [3.8, 4) is 11.5 Å². The van der Waals surface area contributed by atoms with Gasteiger partial charge in [-0.05, 0) is 85.0 Å². The number of nitrogens with zero attached hydrogens (tertiary/aromatic N) is 1. The van der Waals surface area contributed by atoms with Crippen molar-refractivity contribution < 1.29 is 23.9 Å². The molecule has 4 aromatic carbocycles. The Morgan fingerprint density at radius 3 is 2.46 bits per heavy atom. The van der Waals surface area contributed by atoms with Gasteiger partial charge in [-0.2, -0.15) is 0 Å². The van der Waals surface area contributed by atoms with Gasteiger partial charge in [-0.3, -0.25) is 14.9 Å². The van der Waals surface area contributed by atoms with Gasteiger partial charge in [0.1, 0.15) is 12.2 Å². The van der Waals surface area contributed by atoms with Gasteiger partial charge < -0.3 is 9.47 Å². The number of anilines is 1. The van der Waals surface area contributed by atoms with Crippen LogP contribution in [0.15, 0.2) is 72.3 Å². The van der Waals surface area contributed by atoms with Crippen molar-refractivity contribution in [3.63, 3.8) is 0 Å². The van der Waals surface area contributed by atoms with Crippen LogP contribution in [0.3, 0.4) is 0 Å². The third-order valence-electron chi connectivity index (χ3n) is 7.20. The summed E-state index contributed by atoms with van der Waals surface area (Å²) in [7, 11) is 0. The van der Waals surface area contributed by atoms with Crippen molar-refractivity contribution in [3.05, 3.63) is 105 Å². The molecule has 0 saturated carbocycles. The van der Waals surface area contributed by atoms with Crippen LogP contribution in [0.4, 0.5) is 10.5 Å². The standard InChI is InChI=1S/C33H29ClN2O5/c1-5-40-29-17-22(15-25-31(37)35-33(39)36(32(25)38)28-12-8-9-19(2)21(28)4)16-27(34)30(29)41-18-26-20(3)13-14-23-10-6-7-11-24(23)26/h6-17H,5,18H2,1-4H3,(H,35,37,39)/b25-15+. The van der Waals surface area contributed by atoms with Crippen molar-refractivity contribution in [1.82, 2.24) is 5.32 Å². The number of fused-ring (bicyclic) bond motifs is 1. The summed E-state index contributed by atoms with van der Waals surface area (Å²) in [4.78, 5) is 39.9. The van der Waals surface area contributed by atoms with Crippen molar-refractivity contribution in [2.45, 2.75) is 34.3 Å². The number of imide groups is 2. The molecule has 0 aliphatic carbocycles. The molecule has 0 bridgehead atoms. The average Bonchev–Trinajstić information content (AvgIpc) is 2.94. The number of nitrogens with one attached hydrogen (secondary N) is 1. The van der Waals surface area contributed by atoms with E-state index >= 15 is 0 Å². The predicted octanol–water partition coefficient (Wildman–Crippen LogP) is 7.06. The summed E-state index contributed by atoms with van der Waals surface area (Å²) < 4.78 is 12.1. The lowest BCUT2D eigenvalue weighted by Crippen LogP contribution is -2.54. The van der Waals surface area contributed by atoms with Gasteiger partial charge in [-0.1, -0.05) is 60.1 Å². The van der Waals surface area contributed by atoms with Crippen molar-refractivity contribution in [1.29, 1.82) is 0 Å². The maximum Gasteiger partial charge on any atom is 0.335 e. The first-order valence-electron chi connectivity index (χ1n) is 13.2. The van der Waals surface area contributed by atoms with Gasteiger partial charge in [-0.15, -0.1) is 0 Å². The molecule has 1 saturated heterocycles. The van der Waals surface area contributed by atoms with E-state index in [2.05, 4.69) is 29.6 Å². The highest BCUT2D eigenvalue weighted by molar-refractivity contribution is 6.39. The fourth-order valence-corrected chi connectivity index (χ4v) is 5.15. The highest BCUT2D eigenvalue weighted by Crippen LogP contribution is 2.39. The van der Waals surface area contributed by atoms with Crippen molar-refractivity contribution >= 4 is 52.0 Å². The highest BCUT2D eigenvalue weighted by Gasteiger charge is 2.37. The Labute approximate surface area is 243 Å². The number of halogens is 1. The third-order valence-corrected chi connectivity index (χ3v) is 7.48. The number of ether oxygens (including phenoxy) is 2. The van der Waals surface area contributed by atoms with Crippen LogP contribution < -0.4 is 19.7 Å². The molecular formula is C33H29ClN2O5. The maximum atomic E-state index is 13.5. The number of amides is 4. The summed E-state index contributed by atoms with van der Waals surface area (Å²) >= 11 is 6.69. The lowest BCUT2D eigenvalue weighted by atomic mass is 10.0. The van der Waals surface area contributed by atoms with E-state index in [0.29, 0.717) is 29.4 Å². The van der Waals surface area contributed by atoms with Gasteiger partial charge in [0.2, 0.25) is 0 Å². The fraction of sp³-hybridized carbons (Fsp3) is 0.182. The molecule has 0 radical (unpaired) electrons. The molecule has 8 heteroatoms. The molecule has 1 fully saturated rings. The second-order valence-corrected chi connectivity index (χ2v) is 10.2. The summed E-state index contributed by atoms with van der Waals surface area (Å²) in [6, 6.07) is 20.0. The van der Waals surface area contributed by atoms with E-state index in [9.17, 15) is 14.4 Å². The molecule has 1 aliphatic heterocycles. The van der Waals surface area contributed by atoms with E-state index in [1.54, 1.807) is 24.3 Å². The molecule has 41 heavy (non-hydrogen) atoms. The molecule has 4 amide bonds. The van der Waals surface area contributed by atoms with Crippen LogP contribution >= 0.6 is 11.6 Å². The predicted molar refractivity (Wildman–Crippen MR) is 161 cm³/mol. The van der Waals surface area contributed by atoms with Crippen LogP contribution in [0, 0.1) is 20.8 Å². The summed E-state index contributed by atoms with van der Waals surface area (Å²) in [5, 5.41) is 4.73. The van der Waals surface area contributed by atoms with Crippen LogP contribution in [0.2, 0.25) is 5.02 Å². The highest BCUT2D eigenvalue weighted by atomic mass is 35.5. The Kier molecular flexibility index (Phi) is 7.81. The number of barbiturate groups is 1. The zero-order valence-electron chi connectivity index (χ0n) is 23.2. The molecule has 0 unspecified atom stereocenters. The second kappa shape index (κ2) is 11.5. The molecule has 0 aromatic heterocycles. The first-order chi connectivity index (χ1) is 19.7. The lowest BCUT2D eigenvalue weighted by Gasteiger charge is -2.28. The number of urea groups is 1. The molecule has 1 aliphatic rings. The monoisotopic (exact) mass is 568 g/mol. The number of rotatable bonds is 7. The van der Waals surface area contributed by atoms with E-state index in [1.165, 1.54) is 6.08 Å². The molecular weight excluding hydrogens is 540 g/mol. The Morgan fingerprint density at radius 1 is 0.902 bits per heavy atom. The third kappa shape index (κ3) is 5.41. The molecule has 1 N–H and O–H groups in total. The second-order valence-electron chi connectivity index (χ2n) is 9.81. The van der Waals surface area contributed by atoms with Gasteiger partial charge in [0.25, 0.3) is 11.8 Å². The van der Waals surface area contributed by atoms with Crippen LogP contribution in [0.1, 0.15) is 34.7 Å². The largest absolute Gasteiger partial charge is 0.490 e. The van der Waals surface area contributed by atoms with Crippen LogP contribution in [-0.2, 0) is 16.2 Å². The van der Waals surface area contributed by atoms with E-state index in [1.807, 2.05) is 45.9 Å². The van der Waals surface area contributed by atoms with E-state index in [0.717, 1.165) is 37.9 Å². The fourth-order valence-electron chi connectivity index (χ4n) is 4.88. The number of benzene rings is 4. The van der Waals surface area contributed by atoms with E-state index in [-0.39, 0.29) is 17.2 Å². The Hall–Kier alpha value is -4.62. The first kappa shape index (κ1) is 27.9. The Balaban J connectivity index is 1.49. The number of carbonyl (C=O) groups is 3. The SMILES string of the molecule is CCOc1cc(/C=C2\C(=O)NC(=O)N(c3cccc(C)c3C)C2=O)cc(Cl)c1OCc1c(C)ccc2ccccc12. The average molecular weight is 569 g/mol. The minimum absolute atomic E-state index is 0.205. The zero-order valence-corrected chi connectivity index (χ0v) is 24.0. The summed E-state index contributed by atoms with van der Waals surface area (Å²) in [6.45, 7) is 8.18. The number of carbonyl (C=O) groups excluding carboxylic acids is 3. The minimum atomic E-state index is -0.800.